The smallest absolute Gasteiger partial charge is 0.339 e. The highest BCUT2D eigenvalue weighted by Gasteiger charge is 2.27. The first-order chi connectivity index (χ1) is 8.16. The molecule has 0 aliphatic rings. The Morgan fingerprint density at radius 3 is 2.39 bits per heavy atom. The fourth-order valence-corrected chi connectivity index (χ4v) is 2.06. The molecule has 0 aromatic heterocycles. The SMILES string of the molecule is CC(N(C)c1cccc(Cl)c1C(=O)O)C(C)(C)C. The number of hydrogen-bond acceptors (Lipinski definition) is 2. The maximum absolute atomic E-state index is 11.3. The van der Waals surface area contributed by atoms with Gasteiger partial charge in [0.2, 0.25) is 0 Å². The number of rotatable bonds is 3. The second kappa shape index (κ2) is 5.19. The predicted octanol–water partition coefficient (Wildman–Crippen LogP) is 3.91. The zero-order valence-electron chi connectivity index (χ0n) is 11.5. The molecule has 0 bridgehead atoms. The van der Waals surface area contributed by atoms with Crippen molar-refractivity contribution >= 4 is 23.3 Å². The van der Waals surface area contributed by atoms with Gasteiger partial charge in [0.05, 0.1) is 10.7 Å². The first-order valence-electron chi connectivity index (χ1n) is 5.91. The number of aromatic carboxylic acids is 1. The van der Waals surface area contributed by atoms with Crippen LogP contribution in [0.15, 0.2) is 18.2 Å². The molecule has 100 valence electrons. The van der Waals surface area contributed by atoms with Gasteiger partial charge in [0.25, 0.3) is 0 Å². The van der Waals surface area contributed by atoms with Crippen molar-refractivity contribution in [2.24, 2.45) is 5.41 Å². The van der Waals surface area contributed by atoms with Crippen molar-refractivity contribution < 1.29 is 9.90 Å². The minimum atomic E-state index is -0.997. The van der Waals surface area contributed by atoms with Gasteiger partial charge >= 0.3 is 5.97 Å². The number of carboxylic acid groups (broad SMARTS) is 1. The summed E-state index contributed by atoms with van der Waals surface area (Å²) < 4.78 is 0. The molecule has 0 aliphatic heterocycles. The van der Waals surface area contributed by atoms with E-state index in [0.29, 0.717) is 5.69 Å². The molecule has 0 amide bonds. The highest BCUT2D eigenvalue weighted by Crippen LogP contribution is 2.32. The van der Waals surface area contributed by atoms with Crippen LogP contribution in [0.3, 0.4) is 0 Å². The number of hydrogen-bond donors (Lipinski definition) is 1. The summed E-state index contributed by atoms with van der Waals surface area (Å²) >= 11 is 5.98. The van der Waals surface area contributed by atoms with Crippen molar-refractivity contribution in [3.63, 3.8) is 0 Å². The molecule has 0 heterocycles. The molecular formula is C14H20ClNO2. The van der Waals surface area contributed by atoms with Crippen molar-refractivity contribution in [3.8, 4) is 0 Å². The van der Waals surface area contributed by atoms with Crippen LogP contribution in [0, 0.1) is 5.41 Å². The number of halogens is 1. The first-order valence-corrected chi connectivity index (χ1v) is 6.28. The molecule has 4 heteroatoms. The van der Waals surface area contributed by atoms with Crippen molar-refractivity contribution in [2.75, 3.05) is 11.9 Å². The van der Waals surface area contributed by atoms with E-state index in [1.54, 1.807) is 18.2 Å². The Hall–Kier alpha value is -1.22. The molecule has 3 nitrogen and oxygen atoms in total. The molecule has 0 saturated carbocycles. The van der Waals surface area contributed by atoms with Crippen molar-refractivity contribution in [1.82, 2.24) is 0 Å². The van der Waals surface area contributed by atoms with Crippen LogP contribution in [0.5, 0.6) is 0 Å². The van der Waals surface area contributed by atoms with E-state index in [4.69, 9.17) is 11.6 Å². The summed E-state index contributed by atoms with van der Waals surface area (Å²) in [5, 5.41) is 9.54. The van der Waals surface area contributed by atoms with E-state index in [1.807, 2.05) is 11.9 Å². The number of anilines is 1. The number of carboxylic acids is 1. The van der Waals surface area contributed by atoms with Crippen molar-refractivity contribution in [1.29, 1.82) is 0 Å². The van der Waals surface area contributed by atoms with Gasteiger partial charge < -0.3 is 10.0 Å². The Kier molecular flexibility index (Phi) is 4.28. The average Bonchev–Trinajstić information content (AvgIpc) is 2.24. The Labute approximate surface area is 113 Å². The lowest BCUT2D eigenvalue weighted by Gasteiger charge is -2.37. The Morgan fingerprint density at radius 2 is 1.94 bits per heavy atom. The standard InChI is InChI=1S/C14H20ClNO2/c1-9(14(2,3)4)16(5)11-8-6-7-10(15)12(11)13(17)18/h6-9H,1-5H3,(H,17,18). The van der Waals surface area contributed by atoms with E-state index < -0.39 is 5.97 Å². The van der Waals surface area contributed by atoms with Crippen LogP contribution in [-0.4, -0.2) is 24.2 Å². The molecular weight excluding hydrogens is 250 g/mol. The minimum Gasteiger partial charge on any atom is -0.478 e. The highest BCUT2D eigenvalue weighted by molar-refractivity contribution is 6.34. The molecule has 0 fully saturated rings. The van der Waals surface area contributed by atoms with Crippen LogP contribution >= 0.6 is 11.6 Å². The molecule has 0 aliphatic carbocycles. The van der Waals surface area contributed by atoms with Gasteiger partial charge in [-0.1, -0.05) is 38.4 Å². The molecule has 0 saturated heterocycles. The van der Waals surface area contributed by atoms with Crippen LogP contribution in [0.1, 0.15) is 38.1 Å². The number of nitrogens with zero attached hydrogens (tertiary/aromatic N) is 1. The molecule has 0 radical (unpaired) electrons. The molecule has 1 aromatic rings. The van der Waals surface area contributed by atoms with Gasteiger partial charge in [-0.05, 0) is 24.5 Å². The van der Waals surface area contributed by atoms with E-state index in [2.05, 4.69) is 27.7 Å². The summed E-state index contributed by atoms with van der Waals surface area (Å²) in [7, 11) is 1.90. The monoisotopic (exact) mass is 269 g/mol. The molecule has 18 heavy (non-hydrogen) atoms. The average molecular weight is 270 g/mol. The van der Waals surface area contributed by atoms with Crippen LogP contribution in [0.25, 0.3) is 0 Å². The molecule has 1 N–H and O–H groups in total. The second-order valence-electron chi connectivity index (χ2n) is 5.59. The van der Waals surface area contributed by atoms with Crippen LogP contribution in [0.2, 0.25) is 5.02 Å². The van der Waals surface area contributed by atoms with Gasteiger partial charge in [-0.15, -0.1) is 0 Å². The van der Waals surface area contributed by atoms with Crippen LogP contribution in [0.4, 0.5) is 5.69 Å². The van der Waals surface area contributed by atoms with Gasteiger partial charge in [-0.3, -0.25) is 0 Å². The maximum Gasteiger partial charge on any atom is 0.339 e. The zero-order chi connectivity index (χ0) is 14.1. The molecule has 1 rings (SSSR count). The summed E-state index contributed by atoms with van der Waals surface area (Å²) in [4.78, 5) is 13.3. The Bertz CT molecular complexity index is 452. The van der Waals surface area contributed by atoms with E-state index in [-0.39, 0.29) is 22.0 Å². The Morgan fingerprint density at radius 1 is 1.39 bits per heavy atom. The maximum atomic E-state index is 11.3. The summed E-state index contributed by atoms with van der Waals surface area (Å²) in [5.41, 5.74) is 0.863. The summed E-state index contributed by atoms with van der Waals surface area (Å²) in [6.07, 6.45) is 0. The lowest BCUT2D eigenvalue weighted by molar-refractivity contribution is 0.0697. The van der Waals surface area contributed by atoms with Crippen LogP contribution in [-0.2, 0) is 0 Å². The Balaban J connectivity index is 3.26. The lowest BCUT2D eigenvalue weighted by atomic mass is 9.86. The van der Waals surface area contributed by atoms with E-state index in [0.717, 1.165) is 0 Å². The third-order valence-corrected chi connectivity index (χ3v) is 3.73. The van der Waals surface area contributed by atoms with Gasteiger partial charge in [-0.2, -0.15) is 0 Å². The summed E-state index contributed by atoms with van der Waals surface area (Å²) in [5.74, 6) is -0.997. The fourth-order valence-electron chi connectivity index (χ4n) is 1.81. The molecule has 1 aromatic carbocycles. The third-order valence-electron chi connectivity index (χ3n) is 3.42. The lowest BCUT2D eigenvalue weighted by Crippen LogP contribution is -2.40. The number of carbonyl (C=O) groups is 1. The fraction of sp³-hybridized carbons (Fsp3) is 0.500. The van der Waals surface area contributed by atoms with Gasteiger partial charge in [0, 0.05) is 13.1 Å². The summed E-state index contributed by atoms with van der Waals surface area (Å²) in [6, 6.07) is 5.35. The van der Waals surface area contributed by atoms with Crippen molar-refractivity contribution in [2.45, 2.75) is 33.7 Å². The van der Waals surface area contributed by atoms with E-state index in [9.17, 15) is 9.90 Å². The molecule has 0 spiro atoms. The van der Waals surface area contributed by atoms with Crippen LogP contribution < -0.4 is 4.90 Å². The quantitative estimate of drug-likeness (QED) is 0.904. The van der Waals surface area contributed by atoms with E-state index in [1.165, 1.54) is 0 Å². The predicted molar refractivity (Wildman–Crippen MR) is 75.7 cm³/mol. The largest absolute Gasteiger partial charge is 0.478 e. The van der Waals surface area contributed by atoms with E-state index >= 15 is 0 Å². The molecule has 1 atom stereocenters. The topological polar surface area (TPSA) is 40.5 Å². The van der Waals surface area contributed by atoms with Gasteiger partial charge in [0.1, 0.15) is 5.56 Å². The first kappa shape index (κ1) is 14.8. The zero-order valence-corrected chi connectivity index (χ0v) is 12.2. The van der Waals surface area contributed by atoms with Gasteiger partial charge in [0.15, 0.2) is 0 Å². The number of benzene rings is 1. The third kappa shape index (κ3) is 2.96. The highest BCUT2D eigenvalue weighted by atomic mass is 35.5. The van der Waals surface area contributed by atoms with Gasteiger partial charge in [-0.25, -0.2) is 4.79 Å². The second-order valence-corrected chi connectivity index (χ2v) is 6.00. The van der Waals surface area contributed by atoms with Crippen molar-refractivity contribution in [3.05, 3.63) is 28.8 Å². The normalized spacial score (nSPS) is 13.2. The minimum absolute atomic E-state index is 0.0485. The molecule has 1 unspecified atom stereocenters. The summed E-state index contributed by atoms with van der Waals surface area (Å²) in [6.45, 7) is 8.45.